The summed E-state index contributed by atoms with van der Waals surface area (Å²) in [5, 5.41) is 0. The predicted octanol–water partition coefficient (Wildman–Crippen LogP) is 1.46. The standard InChI is InChI=1S/C2H7OPS/c1-2-3-4-5/h4-5H,2H2,1H3. The summed E-state index contributed by atoms with van der Waals surface area (Å²) in [5.41, 5.74) is 0. The maximum absolute atomic E-state index is 4.73. The van der Waals surface area contributed by atoms with Crippen LogP contribution in [-0.2, 0) is 4.52 Å². The Morgan fingerprint density at radius 2 is 2.60 bits per heavy atom. The van der Waals surface area contributed by atoms with Gasteiger partial charge in [0, 0.05) is 6.61 Å². The van der Waals surface area contributed by atoms with Gasteiger partial charge >= 0.3 is 0 Å². The van der Waals surface area contributed by atoms with Crippen molar-refractivity contribution in [3.8, 4) is 0 Å². The van der Waals surface area contributed by atoms with Gasteiger partial charge in [-0.1, -0.05) is 0 Å². The molecule has 0 N–H and O–H groups in total. The summed E-state index contributed by atoms with van der Waals surface area (Å²) in [5.74, 6) is 0. The zero-order valence-corrected chi connectivity index (χ0v) is 4.96. The summed E-state index contributed by atoms with van der Waals surface area (Å²) in [7, 11) is 0.352. The lowest BCUT2D eigenvalue weighted by Crippen LogP contribution is -1.66. The topological polar surface area (TPSA) is 9.23 Å². The van der Waals surface area contributed by atoms with Gasteiger partial charge < -0.3 is 4.52 Å². The second-order valence-corrected chi connectivity index (χ2v) is 1.54. The minimum Gasteiger partial charge on any atom is -0.352 e. The van der Waals surface area contributed by atoms with Crippen LogP contribution in [0.15, 0.2) is 0 Å². The normalized spacial score (nSPS) is 10.8. The van der Waals surface area contributed by atoms with E-state index in [0.717, 1.165) is 6.61 Å². The Morgan fingerprint density at radius 1 is 2.00 bits per heavy atom. The van der Waals surface area contributed by atoms with Crippen molar-refractivity contribution < 1.29 is 4.52 Å². The van der Waals surface area contributed by atoms with E-state index in [4.69, 9.17) is 4.52 Å². The molecular formula is C2H7OPS. The molecule has 0 amide bonds. The van der Waals surface area contributed by atoms with E-state index in [2.05, 4.69) is 12.2 Å². The van der Waals surface area contributed by atoms with Gasteiger partial charge in [0.05, 0.1) is 8.01 Å². The molecule has 1 atom stereocenters. The van der Waals surface area contributed by atoms with Crippen molar-refractivity contribution in [2.24, 2.45) is 0 Å². The third-order valence-electron chi connectivity index (χ3n) is 0.209. The Balaban J connectivity index is 2.19. The number of rotatable bonds is 2. The Bertz CT molecular complexity index is 17.1. The van der Waals surface area contributed by atoms with Crippen LogP contribution in [0.5, 0.6) is 0 Å². The van der Waals surface area contributed by atoms with Crippen LogP contribution in [0.25, 0.3) is 0 Å². The third kappa shape index (κ3) is 4.74. The van der Waals surface area contributed by atoms with Crippen molar-refractivity contribution in [3.05, 3.63) is 0 Å². The van der Waals surface area contributed by atoms with E-state index < -0.39 is 0 Å². The SMILES string of the molecule is CCOPS. The smallest absolute Gasteiger partial charge is 0.0713 e. The molecule has 0 fully saturated rings. The molecule has 0 saturated carbocycles. The van der Waals surface area contributed by atoms with Crippen molar-refractivity contribution in [1.82, 2.24) is 0 Å². The third-order valence-corrected chi connectivity index (χ3v) is 1.01. The van der Waals surface area contributed by atoms with E-state index in [9.17, 15) is 0 Å². The monoisotopic (exact) mass is 110 g/mol. The molecule has 1 nitrogen and oxygen atoms in total. The van der Waals surface area contributed by atoms with E-state index >= 15 is 0 Å². The van der Waals surface area contributed by atoms with E-state index in [1.54, 1.807) is 0 Å². The summed E-state index contributed by atoms with van der Waals surface area (Å²) in [6.45, 7) is 2.73. The molecule has 0 aromatic heterocycles. The average Bonchev–Trinajstić information content (AvgIpc) is 1.41. The van der Waals surface area contributed by atoms with Gasteiger partial charge in [-0.3, -0.25) is 0 Å². The molecule has 32 valence electrons. The van der Waals surface area contributed by atoms with Crippen LogP contribution in [0.1, 0.15) is 6.92 Å². The Morgan fingerprint density at radius 3 is 2.60 bits per heavy atom. The van der Waals surface area contributed by atoms with Gasteiger partial charge in [-0.25, -0.2) is 0 Å². The highest BCUT2D eigenvalue weighted by Crippen LogP contribution is 2.14. The molecule has 0 aromatic carbocycles. The fraction of sp³-hybridized carbons (Fsp3) is 1.00. The van der Waals surface area contributed by atoms with Crippen LogP contribution in [-0.4, -0.2) is 6.61 Å². The summed E-state index contributed by atoms with van der Waals surface area (Å²) >= 11 is 3.81. The van der Waals surface area contributed by atoms with Crippen LogP contribution in [0.2, 0.25) is 0 Å². The fourth-order valence-electron chi connectivity index (χ4n) is 0.0645. The number of thiol groups is 1. The van der Waals surface area contributed by atoms with Crippen molar-refractivity contribution in [2.75, 3.05) is 6.61 Å². The van der Waals surface area contributed by atoms with Gasteiger partial charge in [0.2, 0.25) is 0 Å². The average molecular weight is 110 g/mol. The maximum atomic E-state index is 4.73. The first-order valence-corrected chi connectivity index (χ1v) is 3.62. The van der Waals surface area contributed by atoms with Crippen molar-refractivity contribution in [2.45, 2.75) is 6.92 Å². The second kappa shape index (κ2) is 4.74. The minimum absolute atomic E-state index is 0.352. The van der Waals surface area contributed by atoms with Gasteiger partial charge in [-0.2, -0.15) is 0 Å². The molecule has 3 heteroatoms. The first-order valence-electron chi connectivity index (χ1n) is 1.42. The quantitative estimate of drug-likeness (QED) is 0.418. The zero-order valence-electron chi connectivity index (χ0n) is 3.06. The molecule has 0 radical (unpaired) electrons. The minimum atomic E-state index is 0.352. The number of hydrogen-bond acceptors (Lipinski definition) is 2. The molecule has 0 aromatic rings. The first-order chi connectivity index (χ1) is 2.41. The lowest BCUT2D eigenvalue weighted by atomic mass is 10.9. The van der Waals surface area contributed by atoms with E-state index in [1.807, 2.05) is 6.92 Å². The summed E-state index contributed by atoms with van der Waals surface area (Å²) < 4.78 is 4.73. The van der Waals surface area contributed by atoms with Gasteiger partial charge in [0.15, 0.2) is 0 Å². The van der Waals surface area contributed by atoms with Crippen molar-refractivity contribution in [3.63, 3.8) is 0 Å². The molecule has 0 rings (SSSR count). The summed E-state index contributed by atoms with van der Waals surface area (Å²) in [6, 6.07) is 0. The molecule has 1 unspecified atom stereocenters. The Kier molecular flexibility index (Phi) is 5.44. The lowest BCUT2D eigenvalue weighted by Gasteiger charge is -1.85. The molecule has 0 saturated heterocycles. The molecule has 0 aliphatic heterocycles. The highest BCUT2D eigenvalue weighted by Gasteiger charge is 1.64. The molecule has 0 spiro atoms. The van der Waals surface area contributed by atoms with Gasteiger partial charge in [-0.05, 0) is 6.92 Å². The Hall–Kier alpha value is 0.740. The van der Waals surface area contributed by atoms with Crippen LogP contribution in [0, 0.1) is 0 Å². The van der Waals surface area contributed by atoms with Crippen LogP contribution in [0.3, 0.4) is 0 Å². The molecule has 0 heterocycles. The van der Waals surface area contributed by atoms with E-state index in [0.29, 0.717) is 8.01 Å². The number of hydrogen-bond donors (Lipinski definition) is 1. The second-order valence-electron chi connectivity index (χ2n) is 0.524. The molecule has 0 bridgehead atoms. The molecule has 0 aliphatic carbocycles. The zero-order chi connectivity index (χ0) is 4.12. The highest BCUT2D eigenvalue weighted by molar-refractivity contribution is 8.36. The molecular weight excluding hydrogens is 103 g/mol. The van der Waals surface area contributed by atoms with Gasteiger partial charge in [-0.15, -0.1) is 12.2 Å². The largest absolute Gasteiger partial charge is 0.352 e. The van der Waals surface area contributed by atoms with Crippen molar-refractivity contribution in [1.29, 1.82) is 0 Å². The van der Waals surface area contributed by atoms with Gasteiger partial charge in [0.25, 0.3) is 0 Å². The lowest BCUT2D eigenvalue weighted by molar-refractivity contribution is 0.397. The van der Waals surface area contributed by atoms with Crippen molar-refractivity contribution >= 4 is 20.3 Å². The van der Waals surface area contributed by atoms with Crippen LogP contribution < -0.4 is 0 Å². The summed E-state index contributed by atoms with van der Waals surface area (Å²) in [6.07, 6.45) is 0. The fourth-order valence-corrected chi connectivity index (χ4v) is 0.581. The maximum Gasteiger partial charge on any atom is 0.0713 e. The van der Waals surface area contributed by atoms with E-state index in [-0.39, 0.29) is 0 Å². The molecule has 5 heavy (non-hydrogen) atoms. The van der Waals surface area contributed by atoms with E-state index in [1.165, 1.54) is 0 Å². The first kappa shape index (κ1) is 5.74. The Labute approximate surface area is 39.1 Å². The summed E-state index contributed by atoms with van der Waals surface area (Å²) in [4.78, 5) is 0. The highest BCUT2D eigenvalue weighted by atomic mass is 32.7. The van der Waals surface area contributed by atoms with Crippen LogP contribution in [0.4, 0.5) is 0 Å². The van der Waals surface area contributed by atoms with Crippen LogP contribution >= 0.6 is 20.3 Å². The molecule has 0 aliphatic rings. The predicted molar refractivity (Wildman–Crippen MR) is 28.9 cm³/mol. The van der Waals surface area contributed by atoms with Gasteiger partial charge in [0.1, 0.15) is 0 Å².